The van der Waals surface area contributed by atoms with Crippen molar-refractivity contribution in [2.45, 2.75) is 46.0 Å². The lowest BCUT2D eigenvalue weighted by Gasteiger charge is -2.12. The molecular weight excluding hydrogens is 292 g/mol. The van der Waals surface area contributed by atoms with Gasteiger partial charge in [-0.2, -0.15) is 0 Å². The molecule has 0 radical (unpaired) electrons. The number of aryl methyl sites for hydroxylation is 2. The van der Waals surface area contributed by atoms with Crippen molar-refractivity contribution in [3.63, 3.8) is 0 Å². The number of hydrogen-bond acceptors (Lipinski definition) is 4. The van der Waals surface area contributed by atoms with E-state index in [4.69, 9.17) is 9.15 Å². The van der Waals surface area contributed by atoms with Crippen molar-refractivity contribution in [1.29, 1.82) is 0 Å². The quantitative estimate of drug-likeness (QED) is 0.909. The number of benzene rings is 1. The van der Waals surface area contributed by atoms with E-state index in [1.54, 1.807) is 7.11 Å². The number of methoxy groups -OCH3 is 1. The predicted octanol–water partition coefficient (Wildman–Crippen LogP) is 3.86. The Balaban J connectivity index is 1.98. The standard InChI is InChI=1S/C18H24N2O3/c1-12-14(23-17(19-12)18(2,3)4)10-11-16(21)20-13-8-6-7-9-15(13)22-5/h6-9H,10-11H2,1-5H3,(H,20,21). The van der Waals surface area contributed by atoms with Crippen molar-refractivity contribution < 1.29 is 13.9 Å². The highest BCUT2D eigenvalue weighted by Gasteiger charge is 2.22. The lowest BCUT2D eigenvalue weighted by Crippen LogP contribution is -2.13. The molecule has 2 rings (SSSR count). The van der Waals surface area contributed by atoms with Crippen LogP contribution in [0.15, 0.2) is 28.7 Å². The average Bonchev–Trinajstić information content (AvgIpc) is 2.87. The summed E-state index contributed by atoms with van der Waals surface area (Å²) in [5.41, 5.74) is 1.38. The number of aromatic nitrogens is 1. The van der Waals surface area contributed by atoms with Crippen LogP contribution in [0.25, 0.3) is 0 Å². The van der Waals surface area contributed by atoms with Crippen molar-refractivity contribution >= 4 is 11.6 Å². The van der Waals surface area contributed by atoms with Gasteiger partial charge in [0.2, 0.25) is 5.91 Å². The molecule has 0 aliphatic carbocycles. The van der Waals surface area contributed by atoms with E-state index in [0.717, 1.165) is 11.5 Å². The maximum atomic E-state index is 12.1. The normalized spacial score (nSPS) is 11.3. The number of anilines is 1. The predicted molar refractivity (Wildman–Crippen MR) is 89.9 cm³/mol. The maximum Gasteiger partial charge on any atom is 0.224 e. The molecule has 0 fully saturated rings. The molecule has 0 bridgehead atoms. The van der Waals surface area contributed by atoms with Crippen molar-refractivity contribution in [3.8, 4) is 5.75 Å². The molecule has 0 aliphatic heterocycles. The molecule has 0 saturated carbocycles. The van der Waals surface area contributed by atoms with E-state index < -0.39 is 0 Å². The summed E-state index contributed by atoms with van der Waals surface area (Å²) in [6.45, 7) is 8.07. The molecule has 0 unspecified atom stereocenters. The Hall–Kier alpha value is -2.30. The van der Waals surface area contributed by atoms with Crippen molar-refractivity contribution in [2.24, 2.45) is 0 Å². The Labute approximate surface area is 137 Å². The minimum atomic E-state index is -0.136. The second kappa shape index (κ2) is 6.86. The fourth-order valence-electron chi connectivity index (χ4n) is 2.17. The van der Waals surface area contributed by atoms with E-state index in [1.165, 1.54) is 0 Å². The van der Waals surface area contributed by atoms with Gasteiger partial charge in [-0.05, 0) is 19.1 Å². The third-order valence-corrected chi connectivity index (χ3v) is 3.49. The number of nitrogens with one attached hydrogen (secondary N) is 1. The number of rotatable bonds is 5. The molecule has 5 heteroatoms. The van der Waals surface area contributed by atoms with Crippen LogP contribution in [0.4, 0.5) is 5.69 Å². The zero-order valence-electron chi connectivity index (χ0n) is 14.4. The third kappa shape index (κ3) is 4.34. The van der Waals surface area contributed by atoms with E-state index >= 15 is 0 Å². The molecule has 1 aromatic heterocycles. The van der Waals surface area contributed by atoms with Crippen LogP contribution in [0.3, 0.4) is 0 Å². The minimum Gasteiger partial charge on any atom is -0.495 e. The first-order chi connectivity index (χ1) is 10.8. The Kier molecular flexibility index (Phi) is 5.08. The highest BCUT2D eigenvalue weighted by atomic mass is 16.5. The van der Waals surface area contributed by atoms with Crippen molar-refractivity contribution in [1.82, 2.24) is 4.98 Å². The Morgan fingerprint density at radius 2 is 2.00 bits per heavy atom. The third-order valence-electron chi connectivity index (χ3n) is 3.49. The van der Waals surface area contributed by atoms with Crippen LogP contribution in [-0.2, 0) is 16.6 Å². The van der Waals surface area contributed by atoms with Crippen LogP contribution in [0.1, 0.15) is 44.5 Å². The van der Waals surface area contributed by atoms with Gasteiger partial charge in [0, 0.05) is 18.3 Å². The summed E-state index contributed by atoms with van der Waals surface area (Å²) in [6, 6.07) is 7.34. The van der Waals surface area contributed by atoms with Crippen LogP contribution in [0, 0.1) is 6.92 Å². The molecule has 5 nitrogen and oxygen atoms in total. The molecule has 1 N–H and O–H groups in total. The first kappa shape index (κ1) is 17.1. The molecule has 0 aliphatic rings. The fraction of sp³-hybridized carbons (Fsp3) is 0.444. The molecule has 0 spiro atoms. The fourth-order valence-corrected chi connectivity index (χ4v) is 2.17. The number of ether oxygens (including phenoxy) is 1. The molecule has 23 heavy (non-hydrogen) atoms. The number of oxazole rings is 1. The minimum absolute atomic E-state index is 0.0809. The Morgan fingerprint density at radius 1 is 1.30 bits per heavy atom. The summed E-state index contributed by atoms with van der Waals surface area (Å²) in [6.07, 6.45) is 0.855. The van der Waals surface area contributed by atoms with E-state index in [2.05, 4.69) is 31.1 Å². The first-order valence-corrected chi connectivity index (χ1v) is 7.71. The van der Waals surface area contributed by atoms with E-state index in [-0.39, 0.29) is 11.3 Å². The largest absolute Gasteiger partial charge is 0.495 e. The van der Waals surface area contributed by atoms with Gasteiger partial charge in [0.05, 0.1) is 18.5 Å². The van der Waals surface area contributed by atoms with Crippen LogP contribution in [-0.4, -0.2) is 18.0 Å². The zero-order valence-corrected chi connectivity index (χ0v) is 14.4. The van der Waals surface area contributed by atoms with Gasteiger partial charge in [0.1, 0.15) is 11.5 Å². The Bertz CT molecular complexity index is 684. The van der Waals surface area contributed by atoms with Gasteiger partial charge >= 0.3 is 0 Å². The van der Waals surface area contributed by atoms with Gasteiger partial charge < -0.3 is 14.5 Å². The Morgan fingerprint density at radius 3 is 2.61 bits per heavy atom. The van der Waals surface area contributed by atoms with Gasteiger partial charge in [0.15, 0.2) is 5.89 Å². The first-order valence-electron chi connectivity index (χ1n) is 7.71. The number of carbonyl (C=O) groups excluding carboxylic acids is 1. The van der Waals surface area contributed by atoms with Crippen molar-refractivity contribution in [2.75, 3.05) is 12.4 Å². The second-order valence-corrected chi connectivity index (χ2v) is 6.53. The maximum absolute atomic E-state index is 12.1. The summed E-state index contributed by atoms with van der Waals surface area (Å²) in [4.78, 5) is 16.6. The lowest BCUT2D eigenvalue weighted by molar-refractivity contribution is -0.116. The zero-order chi connectivity index (χ0) is 17.0. The van der Waals surface area contributed by atoms with Gasteiger partial charge in [0.25, 0.3) is 0 Å². The summed E-state index contributed by atoms with van der Waals surface area (Å²) in [7, 11) is 1.58. The highest BCUT2D eigenvalue weighted by Crippen LogP contribution is 2.25. The molecule has 1 amide bonds. The average molecular weight is 316 g/mol. The SMILES string of the molecule is COc1ccccc1NC(=O)CCc1oc(C(C)(C)C)nc1C. The second-order valence-electron chi connectivity index (χ2n) is 6.53. The van der Waals surface area contributed by atoms with Gasteiger partial charge in [-0.1, -0.05) is 32.9 Å². The topological polar surface area (TPSA) is 64.4 Å². The van der Waals surface area contributed by atoms with Crippen LogP contribution >= 0.6 is 0 Å². The van der Waals surface area contributed by atoms with Crippen molar-refractivity contribution in [3.05, 3.63) is 41.6 Å². The number of carbonyl (C=O) groups is 1. The van der Waals surface area contributed by atoms with E-state index in [1.807, 2.05) is 31.2 Å². The van der Waals surface area contributed by atoms with Crippen LogP contribution in [0.2, 0.25) is 0 Å². The van der Waals surface area contributed by atoms with Gasteiger partial charge in [-0.15, -0.1) is 0 Å². The molecule has 1 aromatic carbocycles. The van der Waals surface area contributed by atoms with Gasteiger partial charge in [-0.3, -0.25) is 4.79 Å². The lowest BCUT2D eigenvalue weighted by atomic mass is 9.97. The highest BCUT2D eigenvalue weighted by molar-refractivity contribution is 5.92. The van der Waals surface area contributed by atoms with Gasteiger partial charge in [-0.25, -0.2) is 4.98 Å². The molecule has 1 heterocycles. The van der Waals surface area contributed by atoms with Crippen LogP contribution in [0.5, 0.6) is 5.75 Å². The molecule has 0 saturated heterocycles. The van der Waals surface area contributed by atoms with E-state index in [0.29, 0.717) is 30.2 Å². The summed E-state index contributed by atoms with van der Waals surface area (Å²) >= 11 is 0. The molecule has 2 aromatic rings. The smallest absolute Gasteiger partial charge is 0.224 e. The molecule has 124 valence electrons. The molecular formula is C18H24N2O3. The monoisotopic (exact) mass is 316 g/mol. The summed E-state index contributed by atoms with van der Waals surface area (Å²) in [5, 5.41) is 2.86. The summed E-state index contributed by atoms with van der Waals surface area (Å²) < 4.78 is 11.0. The summed E-state index contributed by atoms with van der Waals surface area (Å²) in [5.74, 6) is 2.04. The number of para-hydroxylation sites is 2. The number of amides is 1. The van der Waals surface area contributed by atoms with E-state index in [9.17, 15) is 4.79 Å². The molecule has 0 atom stereocenters. The van der Waals surface area contributed by atoms with Crippen LogP contribution < -0.4 is 10.1 Å². The number of nitrogens with zero attached hydrogens (tertiary/aromatic N) is 1. The number of hydrogen-bond donors (Lipinski definition) is 1.